The largest absolute Gasteiger partial charge is 0.371 e. The zero-order chi connectivity index (χ0) is 12.4. The quantitative estimate of drug-likeness (QED) is 0.618. The van der Waals surface area contributed by atoms with Crippen molar-refractivity contribution in [3.05, 3.63) is 35.4 Å². The molecule has 1 unspecified atom stereocenters. The van der Waals surface area contributed by atoms with Crippen LogP contribution < -0.4 is 5.32 Å². The van der Waals surface area contributed by atoms with Crippen molar-refractivity contribution in [3.8, 4) is 0 Å². The molecular weight excluding hydrogens is 227 g/mol. The van der Waals surface area contributed by atoms with Crippen molar-refractivity contribution in [1.82, 2.24) is 5.32 Å². The van der Waals surface area contributed by atoms with Crippen molar-refractivity contribution < 1.29 is 18.3 Å². The average Bonchev–Trinajstić information content (AvgIpc) is 2.96. The molecule has 0 bridgehead atoms. The second kappa shape index (κ2) is 4.83. The monoisotopic (exact) mass is 239 g/mol. The summed E-state index contributed by atoms with van der Waals surface area (Å²) in [6, 6.07) is 3.12. The van der Waals surface area contributed by atoms with Gasteiger partial charge in [-0.05, 0) is 24.1 Å². The smallest absolute Gasteiger partial charge is 0.215 e. The van der Waals surface area contributed by atoms with Crippen LogP contribution in [0, 0.1) is 11.6 Å². The Bertz CT molecular complexity index is 417. The first kappa shape index (κ1) is 12.0. The van der Waals surface area contributed by atoms with Gasteiger partial charge in [0, 0.05) is 6.07 Å². The van der Waals surface area contributed by atoms with E-state index in [1.165, 1.54) is 20.0 Å². The van der Waals surface area contributed by atoms with Crippen LogP contribution in [0.2, 0.25) is 0 Å². The average molecular weight is 239 g/mol. The third-order valence-electron chi connectivity index (χ3n) is 2.57. The van der Waals surface area contributed by atoms with Crippen molar-refractivity contribution in [3.63, 3.8) is 0 Å². The van der Waals surface area contributed by atoms with Crippen molar-refractivity contribution in [2.45, 2.75) is 18.6 Å². The summed E-state index contributed by atoms with van der Waals surface area (Å²) in [7, 11) is 1.40. The van der Waals surface area contributed by atoms with Gasteiger partial charge in [0.1, 0.15) is 17.7 Å². The predicted molar refractivity (Wildman–Crippen MR) is 60.7 cm³/mol. The van der Waals surface area contributed by atoms with E-state index in [9.17, 15) is 13.6 Å². The number of ether oxygens (including phenoxy) is 1. The molecule has 1 N–H and O–H groups in total. The fourth-order valence-electron chi connectivity index (χ4n) is 1.81. The maximum Gasteiger partial charge on any atom is 0.215 e. The lowest BCUT2D eigenvalue weighted by Gasteiger charge is -2.15. The number of hydrogen-bond donors (Lipinski definition) is 1. The minimum Gasteiger partial charge on any atom is -0.371 e. The van der Waals surface area contributed by atoms with Gasteiger partial charge < -0.3 is 10.1 Å². The minimum absolute atomic E-state index is 0.0507. The molecule has 1 aliphatic rings. The third kappa shape index (κ3) is 3.52. The first-order valence-corrected chi connectivity index (χ1v) is 5.38. The van der Waals surface area contributed by atoms with Crippen LogP contribution in [-0.4, -0.2) is 32.4 Å². The lowest BCUT2D eigenvalue weighted by molar-refractivity contribution is 0.251. The van der Waals surface area contributed by atoms with E-state index in [1.54, 1.807) is 0 Å². The Morgan fingerprint density at radius 3 is 2.53 bits per heavy atom. The number of benzene rings is 1. The highest BCUT2D eigenvalue weighted by atomic mass is 19.1. The summed E-state index contributed by atoms with van der Waals surface area (Å²) in [5, 5.41) is 2.72. The molecule has 0 radical (unpaired) electrons. The van der Waals surface area contributed by atoms with Crippen LogP contribution in [0.4, 0.5) is 13.6 Å². The van der Waals surface area contributed by atoms with Crippen LogP contribution in [-0.2, 0) is 11.2 Å². The van der Waals surface area contributed by atoms with Crippen LogP contribution in [0.5, 0.6) is 0 Å². The summed E-state index contributed by atoms with van der Waals surface area (Å²) in [5.74, 6) is -1.40. The van der Waals surface area contributed by atoms with Gasteiger partial charge in [-0.25, -0.2) is 8.78 Å². The first-order chi connectivity index (χ1) is 8.04. The van der Waals surface area contributed by atoms with Gasteiger partial charge in [0.25, 0.3) is 0 Å². The molecule has 0 aromatic heterocycles. The van der Waals surface area contributed by atoms with Crippen LogP contribution in [0.1, 0.15) is 5.56 Å². The molecule has 2 atom stereocenters. The molecule has 1 fully saturated rings. The Kier molecular flexibility index (Phi) is 3.42. The van der Waals surface area contributed by atoms with Gasteiger partial charge in [0.15, 0.2) is 5.81 Å². The Hall–Kier alpha value is -1.43. The SMILES string of the molecule is BC(=O)NC(Cc1cc(F)cc(F)c1)[C@H]1CO1. The summed E-state index contributed by atoms with van der Waals surface area (Å²) in [6.07, 6.45) is 0.309. The van der Waals surface area contributed by atoms with Gasteiger partial charge in [-0.15, -0.1) is 0 Å². The predicted octanol–water partition coefficient (Wildman–Crippen LogP) is 0.617. The lowest BCUT2D eigenvalue weighted by Crippen LogP contribution is -2.39. The first-order valence-electron chi connectivity index (χ1n) is 5.38. The van der Waals surface area contributed by atoms with E-state index in [0.29, 0.717) is 18.6 Å². The van der Waals surface area contributed by atoms with Crippen molar-refractivity contribution in [2.75, 3.05) is 6.61 Å². The Balaban J connectivity index is 2.08. The van der Waals surface area contributed by atoms with Crippen LogP contribution in [0.15, 0.2) is 18.2 Å². The molecular formula is C11H12BF2NO2. The molecule has 1 aromatic rings. The van der Waals surface area contributed by atoms with Crippen LogP contribution >= 0.6 is 0 Å². The van der Waals surface area contributed by atoms with Gasteiger partial charge >= 0.3 is 0 Å². The molecule has 3 nitrogen and oxygen atoms in total. The highest BCUT2D eigenvalue weighted by molar-refractivity contribution is 6.57. The molecule has 6 heteroatoms. The molecule has 17 heavy (non-hydrogen) atoms. The van der Waals surface area contributed by atoms with Gasteiger partial charge in [0.2, 0.25) is 7.85 Å². The summed E-state index contributed by atoms with van der Waals surface area (Å²) in [5.41, 5.74) is 0.511. The summed E-state index contributed by atoms with van der Waals surface area (Å²) in [4.78, 5) is 11.0. The molecule has 1 amide bonds. The third-order valence-corrected chi connectivity index (χ3v) is 2.57. The highest BCUT2D eigenvalue weighted by Gasteiger charge is 2.33. The summed E-state index contributed by atoms with van der Waals surface area (Å²) >= 11 is 0. The maximum atomic E-state index is 13.0. The normalized spacial score (nSPS) is 19.8. The van der Waals surface area contributed by atoms with E-state index in [1.807, 2.05) is 0 Å². The molecule has 0 spiro atoms. The fourth-order valence-corrected chi connectivity index (χ4v) is 1.81. The molecule has 90 valence electrons. The van der Waals surface area contributed by atoms with E-state index in [-0.39, 0.29) is 18.0 Å². The maximum absolute atomic E-state index is 13.0. The standard InChI is InChI=1S/C11H12BF2NO2/c12-11(16)15-9(10-5-17-10)3-6-1-7(13)4-8(14)2-6/h1-2,4,9-10H,3,5,12H2,(H,15,16)/t9?,10-/m1/s1. The number of rotatable bonds is 4. The number of halogens is 2. The van der Waals surface area contributed by atoms with Gasteiger partial charge in [0.05, 0.1) is 12.6 Å². The van der Waals surface area contributed by atoms with E-state index in [2.05, 4.69) is 5.32 Å². The number of hydrogen-bond acceptors (Lipinski definition) is 2. The Morgan fingerprint density at radius 1 is 1.47 bits per heavy atom. The van der Waals surface area contributed by atoms with E-state index < -0.39 is 11.6 Å². The second-order valence-electron chi connectivity index (χ2n) is 4.16. The fraction of sp³-hybridized carbons (Fsp3) is 0.364. The number of carbonyl (C=O) groups excluding carboxylic acids is 1. The molecule has 0 aliphatic carbocycles. The number of nitrogens with one attached hydrogen (secondary N) is 1. The zero-order valence-electron chi connectivity index (χ0n) is 9.37. The van der Waals surface area contributed by atoms with Crippen molar-refractivity contribution in [1.29, 1.82) is 0 Å². The molecule has 1 aromatic carbocycles. The van der Waals surface area contributed by atoms with Crippen molar-refractivity contribution >= 4 is 13.7 Å². The lowest BCUT2D eigenvalue weighted by atomic mass is 10.0. The summed E-state index contributed by atoms with van der Waals surface area (Å²) < 4.78 is 31.1. The zero-order valence-corrected chi connectivity index (χ0v) is 9.37. The Labute approximate surface area is 98.6 Å². The minimum atomic E-state index is -0.613. The van der Waals surface area contributed by atoms with E-state index in [0.717, 1.165) is 6.07 Å². The highest BCUT2D eigenvalue weighted by Crippen LogP contribution is 2.19. The summed E-state index contributed by atoms with van der Waals surface area (Å²) in [6.45, 7) is 0.572. The topological polar surface area (TPSA) is 41.6 Å². The second-order valence-corrected chi connectivity index (χ2v) is 4.16. The van der Waals surface area contributed by atoms with E-state index in [4.69, 9.17) is 4.74 Å². The molecule has 2 rings (SSSR count). The van der Waals surface area contributed by atoms with Crippen LogP contribution in [0.3, 0.4) is 0 Å². The molecule has 1 aliphatic heterocycles. The molecule has 1 saturated heterocycles. The van der Waals surface area contributed by atoms with Gasteiger partial charge in [-0.2, -0.15) is 0 Å². The molecule has 1 heterocycles. The number of epoxide rings is 1. The molecule has 0 saturated carbocycles. The number of amides is 1. The number of carbonyl (C=O) groups is 1. The van der Waals surface area contributed by atoms with Gasteiger partial charge in [-0.1, -0.05) is 0 Å². The Morgan fingerprint density at radius 2 is 2.06 bits per heavy atom. The van der Waals surface area contributed by atoms with Gasteiger partial charge in [-0.3, -0.25) is 4.79 Å². The van der Waals surface area contributed by atoms with Crippen molar-refractivity contribution in [2.24, 2.45) is 0 Å². The van der Waals surface area contributed by atoms with Crippen LogP contribution in [0.25, 0.3) is 0 Å². The van der Waals surface area contributed by atoms with E-state index >= 15 is 0 Å².